The Labute approximate surface area is 176 Å². The third-order valence-corrected chi connectivity index (χ3v) is 4.77. The van der Waals surface area contributed by atoms with Crippen molar-refractivity contribution in [1.29, 1.82) is 0 Å². The van der Waals surface area contributed by atoms with Gasteiger partial charge >= 0.3 is 11.8 Å². The zero-order valence-corrected chi connectivity index (χ0v) is 17.8. The number of methoxy groups -OCH3 is 4. The van der Waals surface area contributed by atoms with Crippen LogP contribution in [0.4, 0.5) is 0 Å². The average molecular weight is 416 g/mol. The lowest BCUT2D eigenvalue weighted by Crippen LogP contribution is -2.42. The molecule has 0 saturated carbocycles. The molecule has 8 heteroatoms. The van der Waals surface area contributed by atoms with Gasteiger partial charge in [0.05, 0.1) is 28.4 Å². The van der Waals surface area contributed by atoms with E-state index in [0.29, 0.717) is 35.8 Å². The topological polar surface area (TPSA) is 100 Å². The monoisotopic (exact) mass is 416 g/mol. The Kier molecular flexibility index (Phi) is 8.34. The molecule has 162 valence electrons. The summed E-state index contributed by atoms with van der Waals surface area (Å²) in [5, 5.41) is 0. The molecule has 2 aromatic rings. The molecule has 0 aliphatic carbocycles. The second-order valence-electron chi connectivity index (χ2n) is 6.46. The second kappa shape index (κ2) is 10.9. The minimum Gasteiger partial charge on any atom is -0.493 e. The van der Waals surface area contributed by atoms with Crippen molar-refractivity contribution in [3.05, 3.63) is 47.5 Å². The van der Waals surface area contributed by atoms with E-state index in [1.165, 1.54) is 4.90 Å². The fourth-order valence-electron chi connectivity index (χ4n) is 3.28. The van der Waals surface area contributed by atoms with Crippen LogP contribution in [0.25, 0.3) is 0 Å². The molecule has 2 amide bonds. The van der Waals surface area contributed by atoms with Gasteiger partial charge in [-0.2, -0.15) is 0 Å². The van der Waals surface area contributed by atoms with E-state index in [2.05, 4.69) is 0 Å². The van der Waals surface area contributed by atoms with Crippen LogP contribution in [-0.2, 0) is 22.4 Å². The maximum atomic E-state index is 12.4. The summed E-state index contributed by atoms with van der Waals surface area (Å²) in [4.78, 5) is 25.4. The molecule has 8 nitrogen and oxygen atoms in total. The first-order valence-electron chi connectivity index (χ1n) is 9.45. The van der Waals surface area contributed by atoms with Crippen LogP contribution < -0.4 is 24.7 Å². The molecule has 30 heavy (non-hydrogen) atoms. The second-order valence-corrected chi connectivity index (χ2v) is 6.46. The van der Waals surface area contributed by atoms with E-state index in [1.54, 1.807) is 40.6 Å². The fourth-order valence-corrected chi connectivity index (χ4v) is 3.28. The van der Waals surface area contributed by atoms with Gasteiger partial charge in [-0.05, 0) is 36.1 Å². The van der Waals surface area contributed by atoms with Crippen LogP contribution in [0.3, 0.4) is 0 Å². The predicted octanol–water partition coefficient (Wildman–Crippen LogP) is 1.82. The maximum Gasteiger partial charge on any atom is 0.311 e. The zero-order valence-electron chi connectivity index (χ0n) is 17.8. The summed E-state index contributed by atoms with van der Waals surface area (Å²) in [5.41, 5.74) is 6.98. The summed E-state index contributed by atoms with van der Waals surface area (Å²) in [6.07, 6.45) is 0.934. The van der Waals surface area contributed by atoms with Crippen molar-refractivity contribution in [3.63, 3.8) is 0 Å². The zero-order chi connectivity index (χ0) is 22.1. The number of ether oxygens (including phenoxy) is 4. The Balaban J connectivity index is 2.19. The molecule has 0 aromatic heterocycles. The molecule has 0 radical (unpaired) electrons. The first kappa shape index (κ1) is 22.9. The van der Waals surface area contributed by atoms with Crippen LogP contribution in [0, 0.1) is 0 Å². The van der Waals surface area contributed by atoms with E-state index >= 15 is 0 Å². The van der Waals surface area contributed by atoms with Gasteiger partial charge in [-0.3, -0.25) is 9.59 Å². The van der Waals surface area contributed by atoms with Gasteiger partial charge in [-0.15, -0.1) is 0 Å². The standard InChI is InChI=1S/C22H28N2O6/c1-27-17-9-5-7-15(19(17)29-3)11-13-24(22(26)21(23)25)14-12-16-8-6-10-18(28-2)20(16)30-4/h5-10H,11-14H2,1-4H3,(H2,23,25). The summed E-state index contributed by atoms with van der Waals surface area (Å²) in [6, 6.07) is 11.1. The summed E-state index contributed by atoms with van der Waals surface area (Å²) in [7, 11) is 6.24. The normalized spacial score (nSPS) is 10.3. The van der Waals surface area contributed by atoms with Gasteiger partial charge in [0.2, 0.25) is 0 Å². The van der Waals surface area contributed by atoms with Crippen LogP contribution in [0.15, 0.2) is 36.4 Å². The molecular weight excluding hydrogens is 388 g/mol. The SMILES string of the molecule is COc1cccc(CCN(CCc2cccc(OC)c2OC)C(=O)C(N)=O)c1OC. The predicted molar refractivity (Wildman–Crippen MR) is 112 cm³/mol. The highest BCUT2D eigenvalue weighted by molar-refractivity contribution is 6.34. The van der Waals surface area contributed by atoms with E-state index in [0.717, 1.165) is 11.1 Å². The van der Waals surface area contributed by atoms with Crippen molar-refractivity contribution in [3.8, 4) is 23.0 Å². The molecular formula is C22H28N2O6. The maximum absolute atomic E-state index is 12.4. The Bertz CT molecular complexity index is 824. The van der Waals surface area contributed by atoms with Gasteiger partial charge in [0.25, 0.3) is 0 Å². The number of primary amides is 1. The summed E-state index contributed by atoms with van der Waals surface area (Å²) in [6.45, 7) is 0.579. The highest BCUT2D eigenvalue weighted by Gasteiger charge is 2.21. The highest BCUT2D eigenvalue weighted by atomic mass is 16.5. The number of nitrogens with two attached hydrogens (primary N) is 1. The third-order valence-electron chi connectivity index (χ3n) is 4.77. The van der Waals surface area contributed by atoms with Crippen LogP contribution in [0.5, 0.6) is 23.0 Å². The molecule has 0 atom stereocenters. The lowest BCUT2D eigenvalue weighted by Gasteiger charge is -2.23. The lowest BCUT2D eigenvalue weighted by molar-refractivity contribution is -0.144. The van der Waals surface area contributed by atoms with E-state index in [1.807, 2.05) is 24.3 Å². The van der Waals surface area contributed by atoms with Gasteiger partial charge in [-0.25, -0.2) is 0 Å². The number of carbonyl (C=O) groups excluding carboxylic acids is 2. The molecule has 0 bridgehead atoms. The average Bonchev–Trinajstić information content (AvgIpc) is 2.77. The third kappa shape index (κ3) is 5.34. The minimum atomic E-state index is -0.995. The first-order chi connectivity index (χ1) is 14.5. The van der Waals surface area contributed by atoms with Crippen molar-refractivity contribution in [1.82, 2.24) is 4.90 Å². The van der Waals surface area contributed by atoms with Gasteiger partial charge in [0.15, 0.2) is 23.0 Å². The molecule has 2 N–H and O–H groups in total. The smallest absolute Gasteiger partial charge is 0.311 e. The number of amides is 2. The van der Waals surface area contributed by atoms with Crippen LogP contribution in [0.2, 0.25) is 0 Å². The number of para-hydroxylation sites is 2. The lowest BCUT2D eigenvalue weighted by atomic mass is 10.1. The van der Waals surface area contributed by atoms with Crippen LogP contribution in [-0.4, -0.2) is 58.2 Å². The van der Waals surface area contributed by atoms with Crippen molar-refractivity contribution < 1.29 is 28.5 Å². The van der Waals surface area contributed by atoms with Crippen molar-refractivity contribution in [2.45, 2.75) is 12.8 Å². The summed E-state index contributed by atoms with van der Waals surface area (Å²) >= 11 is 0. The van der Waals surface area contributed by atoms with Crippen molar-refractivity contribution >= 4 is 11.8 Å². The molecule has 0 spiro atoms. The number of rotatable bonds is 10. The Morgan fingerprint density at radius 2 is 1.20 bits per heavy atom. The van der Waals surface area contributed by atoms with Gasteiger partial charge in [0, 0.05) is 13.1 Å². The largest absolute Gasteiger partial charge is 0.493 e. The molecule has 0 saturated heterocycles. The number of carbonyl (C=O) groups is 2. The summed E-state index contributed by atoms with van der Waals surface area (Å²) in [5.74, 6) is 0.665. The first-order valence-corrected chi connectivity index (χ1v) is 9.45. The number of benzene rings is 2. The van der Waals surface area contributed by atoms with Crippen molar-refractivity contribution in [2.24, 2.45) is 5.73 Å². The molecule has 0 aliphatic heterocycles. The van der Waals surface area contributed by atoms with Crippen LogP contribution >= 0.6 is 0 Å². The number of hydrogen-bond acceptors (Lipinski definition) is 6. The Hall–Kier alpha value is -3.42. The van der Waals surface area contributed by atoms with E-state index < -0.39 is 11.8 Å². The molecule has 0 heterocycles. The number of hydrogen-bond donors (Lipinski definition) is 1. The molecule has 0 unspecified atom stereocenters. The quantitative estimate of drug-likeness (QED) is 0.593. The summed E-state index contributed by atoms with van der Waals surface area (Å²) < 4.78 is 21.5. The highest BCUT2D eigenvalue weighted by Crippen LogP contribution is 2.32. The fraction of sp³-hybridized carbons (Fsp3) is 0.364. The van der Waals surface area contributed by atoms with E-state index in [-0.39, 0.29) is 13.1 Å². The molecule has 2 aromatic carbocycles. The van der Waals surface area contributed by atoms with Gasteiger partial charge < -0.3 is 29.6 Å². The Morgan fingerprint density at radius 3 is 1.53 bits per heavy atom. The van der Waals surface area contributed by atoms with E-state index in [9.17, 15) is 9.59 Å². The van der Waals surface area contributed by atoms with Crippen molar-refractivity contribution in [2.75, 3.05) is 41.5 Å². The van der Waals surface area contributed by atoms with Gasteiger partial charge in [0.1, 0.15) is 0 Å². The van der Waals surface area contributed by atoms with Crippen LogP contribution in [0.1, 0.15) is 11.1 Å². The van der Waals surface area contributed by atoms with Gasteiger partial charge in [-0.1, -0.05) is 24.3 Å². The molecule has 2 rings (SSSR count). The Morgan fingerprint density at radius 1 is 0.767 bits per heavy atom. The van der Waals surface area contributed by atoms with E-state index in [4.69, 9.17) is 24.7 Å². The number of nitrogens with zero attached hydrogens (tertiary/aromatic N) is 1. The molecule has 0 fully saturated rings. The minimum absolute atomic E-state index is 0.289. The molecule has 0 aliphatic rings.